The van der Waals surface area contributed by atoms with E-state index in [-0.39, 0.29) is 0 Å². The quantitative estimate of drug-likeness (QED) is 0.870. The van der Waals surface area contributed by atoms with Gasteiger partial charge in [0.05, 0.1) is 0 Å². The number of hydrogen-bond donors (Lipinski definition) is 1. The van der Waals surface area contributed by atoms with Gasteiger partial charge in [0.25, 0.3) is 10.0 Å². The van der Waals surface area contributed by atoms with Crippen molar-refractivity contribution < 1.29 is 8.42 Å². The normalized spacial score (nSPS) is 16.4. The van der Waals surface area contributed by atoms with Gasteiger partial charge in [-0.3, -0.25) is 0 Å². The number of sulfonamides is 1. The molecule has 1 aliphatic rings. The standard InChI is InChI=1S/C12H20N2O2S2/c1-4-14(3)18(15,16)12-7-9(2)11(17-12)8-13-10-5-6-10/h7,10,13H,4-6,8H2,1-3H3. The van der Waals surface area contributed by atoms with Crippen molar-refractivity contribution in [1.29, 1.82) is 0 Å². The monoisotopic (exact) mass is 288 g/mol. The van der Waals surface area contributed by atoms with Gasteiger partial charge < -0.3 is 5.32 Å². The number of hydrogen-bond acceptors (Lipinski definition) is 4. The summed E-state index contributed by atoms with van der Waals surface area (Å²) < 4.78 is 26.2. The first kappa shape index (κ1) is 14.0. The molecule has 0 atom stereocenters. The van der Waals surface area contributed by atoms with E-state index in [4.69, 9.17) is 0 Å². The van der Waals surface area contributed by atoms with Crippen LogP contribution in [0.15, 0.2) is 10.3 Å². The van der Waals surface area contributed by atoms with E-state index >= 15 is 0 Å². The summed E-state index contributed by atoms with van der Waals surface area (Å²) >= 11 is 1.39. The van der Waals surface area contributed by atoms with Gasteiger partial charge in [0.1, 0.15) is 4.21 Å². The van der Waals surface area contributed by atoms with Crippen molar-refractivity contribution in [2.24, 2.45) is 0 Å². The minimum absolute atomic E-state index is 0.456. The molecule has 102 valence electrons. The van der Waals surface area contributed by atoms with Gasteiger partial charge in [0.15, 0.2) is 0 Å². The van der Waals surface area contributed by atoms with Crippen LogP contribution >= 0.6 is 11.3 Å². The Bertz CT molecular complexity index is 518. The average Bonchev–Trinajstić information content (AvgIpc) is 3.08. The summed E-state index contributed by atoms with van der Waals surface area (Å²) in [6.07, 6.45) is 2.49. The van der Waals surface area contributed by atoms with E-state index in [1.807, 2.05) is 13.8 Å². The maximum absolute atomic E-state index is 12.2. The summed E-state index contributed by atoms with van der Waals surface area (Å²) in [6.45, 7) is 5.10. The molecular weight excluding hydrogens is 268 g/mol. The third kappa shape index (κ3) is 2.93. The van der Waals surface area contributed by atoms with Gasteiger partial charge in [0.2, 0.25) is 0 Å². The van der Waals surface area contributed by atoms with Gasteiger partial charge in [-0.1, -0.05) is 6.92 Å². The molecule has 1 heterocycles. The van der Waals surface area contributed by atoms with Crippen molar-refractivity contribution in [3.8, 4) is 0 Å². The highest BCUT2D eigenvalue weighted by molar-refractivity contribution is 7.91. The molecule has 0 aromatic carbocycles. The number of rotatable bonds is 6. The van der Waals surface area contributed by atoms with Crippen LogP contribution in [0.1, 0.15) is 30.2 Å². The van der Waals surface area contributed by atoms with E-state index in [0.717, 1.165) is 17.0 Å². The zero-order valence-corrected chi connectivity index (χ0v) is 12.7. The third-order valence-electron chi connectivity index (χ3n) is 3.24. The summed E-state index contributed by atoms with van der Waals surface area (Å²) in [5, 5.41) is 3.42. The highest BCUT2D eigenvalue weighted by Crippen LogP contribution is 2.29. The molecule has 0 amide bonds. The van der Waals surface area contributed by atoms with E-state index in [9.17, 15) is 8.42 Å². The second kappa shape index (κ2) is 5.28. The van der Waals surface area contributed by atoms with Gasteiger partial charge in [-0.15, -0.1) is 11.3 Å². The molecule has 0 aliphatic heterocycles. The number of nitrogens with zero attached hydrogens (tertiary/aromatic N) is 1. The first-order valence-corrected chi connectivity index (χ1v) is 8.50. The zero-order valence-electron chi connectivity index (χ0n) is 11.1. The van der Waals surface area contributed by atoms with Crippen LogP contribution in [0.3, 0.4) is 0 Å². The van der Waals surface area contributed by atoms with Crippen molar-refractivity contribution in [3.63, 3.8) is 0 Å². The van der Waals surface area contributed by atoms with Crippen molar-refractivity contribution >= 4 is 21.4 Å². The average molecular weight is 288 g/mol. The Balaban J connectivity index is 2.16. The third-order valence-corrected chi connectivity index (χ3v) is 6.86. The summed E-state index contributed by atoms with van der Waals surface area (Å²) in [4.78, 5) is 1.13. The Morgan fingerprint density at radius 3 is 2.72 bits per heavy atom. The summed E-state index contributed by atoms with van der Waals surface area (Å²) in [7, 11) is -1.67. The lowest BCUT2D eigenvalue weighted by atomic mass is 10.3. The van der Waals surface area contributed by atoms with E-state index < -0.39 is 10.0 Å². The maximum atomic E-state index is 12.2. The number of thiophene rings is 1. The Hall–Kier alpha value is -0.430. The Morgan fingerprint density at radius 2 is 2.17 bits per heavy atom. The molecule has 1 N–H and O–H groups in total. The van der Waals surface area contributed by atoms with E-state index in [2.05, 4.69) is 5.32 Å². The van der Waals surface area contributed by atoms with E-state index in [1.54, 1.807) is 13.1 Å². The second-order valence-electron chi connectivity index (χ2n) is 4.75. The lowest BCUT2D eigenvalue weighted by Crippen LogP contribution is -2.25. The highest BCUT2D eigenvalue weighted by Gasteiger charge is 2.24. The molecule has 0 bridgehead atoms. The molecule has 1 fully saturated rings. The zero-order chi connectivity index (χ0) is 13.3. The van der Waals surface area contributed by atoms with Crippen molar-refractivity contribution in [2.45, 2.75) is 43.5 Å². The van der Waals surface area contributed by atoms with Gasteiger partial charge in [-0.25, -0.2) is 12.7 Å². The van der Waals surface area contributed by atoms with Gasteiger partial charge in [-0.2, -0.15) is 0 Å². The fraction of sp³-hybridized carbons (Fsp3) is 0.667. The highest BCUT2D eigenvalue weighted by atomic mass is 32.2. The molecule has 1 aromatic rings. The van der Waals surface area contributed by atoms with Crippen LogP contribution < -0.4 is 5.32 Å². The molecule has 0 unspecified atom stereocenters. The summed E-state index contributed by atoms with van der Waals surface area (Å²) in [6, 6.07) is 2.43. The predicted octanol–water partition coefficient (Wildman–Crippen LogP) is 1.95. The first-order valence-electron chi connectivity index (χ1n) is 6.24. The van der Waals surface area contributed by atoms with E-state index in [0.29, 0.717) is 16.8 Å². The SMILES string of the molecule is CCN(C)S(=O)(=O)c1cc(C)c(CNC2CC2)s1. The van der Waals surface area contributed by atoms with Crippen molar-refractivity contribution in [1.82, 2.24) is 9.62 Å². The van der Waals surface area contributed by atoms with Crippen LogP contribution in [0, 0.1) is 6.92 Å². The van der Waals surface area contributed by atoms with Crippen molar-refractivity contribution in [3.05, 3.63) is 16.5 Å². The molecule has 0 saturated heterocycles. The van der Waals surface area contributed by atoms with Crippen LogP contribution in [-0.2, 0) is 16.6 Å². The fourth-order valence-corrected chi connectivity index (χ4v) is 4.57. The molecule has 0 spiro atoms. The Kier molecular flexibility index (Phi) is 4.11. The predicted molar refractivity (Wildman–Crippen MR) is 74.4 cm³/mol. The minimum Gasteiger partial charge on any atom is -0.309 e. The molecule has 2 rings (SSSR count). The van der Waals surface area contributed by atoms with Crippen LogP contribution in [0.25, 0.3) is 0 Å². The summed E-state index contributed by atoms with van der Waals surface area (Å²) in [5.41, 5.74) is 1.07. The smallest absolute Gasteiger partial charge is 0.252 e. The van der Waals surface area contributed by atoms with Crippen molar-refractivity contribution in [2.75, 3.05) is 13.6 Å². The van der Waals surface area contributed by atoms with Crippen LogP contribution in [0.5, 0.6) is 0 Å². The van der Waals surface area contributed by atoms with Gasteiger partial charge in [0, 0.05) is 31.1 Å². The summed E-state index contributed by atoms with van der Waals surface area (Å²) in [5.74, 6) is 0. The topological polar surface area (TPSA) is 49.4 Å². The van der Waals surface area contributed by atoms with E-state index in [1.165, 1.54) is 28.5 Å². The largest absolute Gasteiger partial charge is 0.309 e. The van der Waals surface area contributed by atoms with Crippen LogP contribution in [-0.4, -0.2) is 32.4 Å². The second-order valence-corrected chi connectivity index (χ2v) is 8.15. The lowest BCUT2D eigenvalue weighted by Gasteiger charge is -2.12. The molecule has 18 heavy (non-hydrogen) atoms. The maximum Gasteiger partial charge on any atom is 0.252 e. The first-order chi connectivity index (χ1) is 8.45. The minimum atomic E-state index is -3.29. The van der Waals surface area contributed by atoms with Crippen LogP contribution in [0.4, 0.5) is 0 Å². The number of aryl methyl sites for hydroxylation is 1. The number of nitrogens with one attached hydrogen (secondary N) is 1. The molecule has 6 heteroatoms. The lowest BCUT2D eigenvalue weighted by molar-refractivity contribution is 0.488. The van der Waals surface area contributed by atoms with Crippen LogP contribution in [0.2, 0.25) is 0 Å². The molecule has 4 nitrogen and oxygen atoms in total. The molecular formula is C12H20N2O2S2. The van der Waals surface area contributed by atoms with Gasteiger partial charge in [-0.05, 0) is 31.4 Å². The fourth-order valence-electron chi connectivity index (χ4n) is 1.64. The molecule has 1 aromatic heterocycles. The Labute approximate surface area is 113 Å². The van der Waals surface area contributed by atoms with Gasteiger partial charge >= 0.3 is 0 Å². The molecule has 0 radical (unpaired) electrons. The molecule has 1 saturated carbocycles. The Morgan fingerprint density at radius 1 is 1.50 bits per heavy atom. The molecule has 1 aliphatic carbocycles.